The van der Waals surface area contributed by atoms with E-state index in [2.05, 4.69) is 10.3 Å². The van der Waals surface area contributed by atoms with Gasteiger partial charge in [0.1, 0.15) is 11.5 Å². The average molecular weight is 288 g/mol. The van der Waals surface area contributed by atoms with Crippen molar-refractivity contribution in [2.75, 3.05) is 5.32 Å². The summed E-state index contributed by atoms with van der Waals surface area (Å²) >= 11 is 0. The highest BCUT2D eigenvalue weighted by Gasteiger charge is 2.20. The van der Waals surface area contributed by atoms with Gasteiger partial charge in [0.05, 0.1) is 0 Å². The molecule has 0 radical (unpaired) electrons. The number of fused-ring (bicyclic) bond motifs is 1. The lowest BCUT2D eigenvalue weighted by Crippen LogP contribution is -2.04. The number of aryl methyl sites for hydroxylation is 1. The lowest BCUT2D eigenvalue weighted by atomic mass is 10.2. The Balaban J connectivity index is 1.78. The lowest BCUT2D eigenvalue weighted by Gasteiger charge is -2.12. The van der Waals surface area contributed by atoms with Crippen molar-refractivity contribution in [3.8, 4) is 11.5 Å². The van der Waals surface area contributed by atoms with E-state index < -0.39 is 0 Å². The minimum Gasteiger partial charge on any atom is -0.340 e. The van der Waals surface area contributed by atoms with Crippen molar-refractivity contribution in [2.45, 2.75) is 19.3 Å². The van der Waals surface area contributed by atoms with Gasteiger partial charge in [-0.05, 0) is 43.5 Å². The summed E-state index contributed by atoms with van der Waals surface area (Å²) in [6.07, 6.45) is 4.96. The summed E-state index contributed by atoms with van der Waals surface area (Å²) in [5.41, 5.74) is 4.24. The molecule has 0 spiro atoms. The van der Waals surface area contributed by atoms with E-state index in [1.54, 1.807) is 6.20 Å². The van der Waals surface area contributed by atoms with Crippen molar-refractivity contribution in [1.82, 2.24) is 15.0 Å². The van der Waals surface area contributed by atoms with Gasteiger partial charge in [-0.15, -0.1) is 0 Å². The monoisotopic (exact) mass is 288 g/mol. The molecule has 0 saturated carbocycles. The van der Waals surface area contributed by atoms with Crippen LogP contribution < -0.4 is 5.32 Å². The van der Waals surface area contributed by atoms with Crippen LogP contribution in [0.4, 0.5) is 11.5 Å². The van der Waals surface area contributed by atoms with Gasteiger partial charge in [-0.25, -0.2) is 9.97 Å². The molecule has 2 heterocycles. The van der Waals surface area contributed by atoms with E-state index in [9.17, 15) is 0 Å². The third-order valence-corrected chi connectivity index (χ3v) is 3.86. The molecule has 4 rings (SSSR count). The Bertz CT molecular complexity index is 785. The fourth-order valence-corrected chi connectivity index (χ4v) is 2.80. The second-order valence-electron chi connectivity index (χ2n) is 5.38. The van der Waals surface area contributed by atoms with Crippen LogP contribution in [0.2, 0.25) is 0 Å². The van der Waals surface area contributed by atoms with E-state index in [1.165, 1.54) is 5.56 Å². The first kappa shape index (κ1) is 13.0. The topological polar surface area (TPSA) is 50.7 Å². The number of nitrogens with zero attached hydrogens (tertiary/aromatic N) is 3. The molecule has 0 bridgehead atoms. The Labute approximate surface area is 129 Å². The summed E-state index contributed by atoms with van der Waals surface area (Å²) < 4.78 is 0. The van der Waals surface area contributed by atoms with Crippen molar-refractivity contribution in [3.63, 3.8) is 0 Å². The summed E-state index contributed by atoms with van der Waals surface area (Å²) in [4.78, 5) is 13.8. The highest BCUT2D eigenvalue weighted by molar-refractivity contribution is 5.64. The van der Waals surface area contributed by atoms with Crippen LogP contribution in [-0.2, 0) is 12.8 Å². The van der Waals surface area contributed by atoms with Crippen LogP contribution in [0.3, 0.4) is 0 Å². The number of benzene rings is 1. The number of aromatic nitrogens is 3. The predicted octanol–water partition coefficient (Wildman–Crippen LogP) is 3.77. The van der Waals surface area contributed by atoms with Crippen LogP contribution >= 0.6 is 0 Å². The maximum absolute atomic E-state index is 4.73. The summed E-state index contributed by atoms with van der Waals surface area (Å²) in [6, 6.07) is 15.9. The van der Waals surface area contributed by atoms with Crippen LogP contribution in [0.25, 0.3) is 11.5 Å². The summed E-state index contributed by atoms with van der Waals surface area (Å²) in [5.74, 6) is 1.61. The van der Waals surface area contributed by atoms with Crippen molar-refractivity contribution in [2.24, 2.45) is 0 Å². The molecular weight excluding hydrogens is 272 g/mol. The number of anilines is 2. The number of hydrogen-bond donors (Lipinski definition) is 1. The molecule has 0 saturated heterocycles. The first-order chi connectivity index (χ1) is 10.9. The molecule has 0 unspecified atom stereocenters. The molecule has 0 amide bonds. The molecule has 0 fully saturated rings. The zero-order chi connectivity index (χ0) is 14.8. The van der Waals surface area contributed by atoms with Crippen molar-refractivity contribution in [3.05, 3.63) is 66.0 Å². The van der Waals surface area contributed by atoms with Gasteiger partial charge in [0, 0.05) is 23.1 Å². The normalized spacial score (nSPS) is 12.9. The highest BCUT2D eigenvalue weighted by Crippen LogP contribution is 2.30. The van der Waals surface area contributed by atoms with Crippen LogP contribution in [0.15, 0.2) is 54.7 Å². The minimum absolute atomic E-state index is 0.694. The van der Waals surface area contributed by atoms with E-state index in [-0.39, 0.29) is 0 Å². The molecule has 4 heteroatoms. The Morgan fingerprint density at radius 3 is 2.55 bits per heavy atom. The van der Waals surface area contributed by atoms with Crippen LogP contribution in [0.5, 0.6) is 0 Å². The SMILES string of the molecule is c1ccc(Nc2nc(-c3ccccn3)nc3c2CCC3)cc1. The average Bonchev–Trinajstić information content (AvgIpc) is 3.05. The maximum Gasteiger partial charge on any atom is 0.180 e. The number of pyridine rings is 1. The summed E-state index contributed by atoms with van der Waals surface area (Å²) in [5, 5.41) is 3.44. The minimum atomic E-state index is 0.694. The van der Waals surface area contributed by atoms with E-state index in [0.29, 0.717) is 5.82 Å². The Hall–Kier alpha value is -2.75. The summed E-state index contributed by atoms with van der Waals surface area (Å²) in [7, 11) is 0. The van der Waals surface area contributed by atoms with E-state index in [0.717, 1.165) is 42.2 Å². The largest absolute Gasteiger partial charge is 0.340 e. The molecule has 1 N–H and O–H groups in total. The molecular formula is C18H16N4. The lowest BCUT2D eigenvalue weighted by molar-refractivity contribution is 0.899. The van der Waals surface area contributed by atoms with E-state index in [4.69, 9.17) is 9.97 Å². The van der Waals surface area contributed by atoms with Crippen LogP contribution in [-0.4, -0.2) is 15.0 Å². The van der Waals surface area contributed by atoms with E-state index in [1.807, 2.05) is 48.5 Å². The zero-order valence-corrected chi connectivity index (χ0v) is 12.2. The number of para-hydroxylation sites is 1. The molecule has 1 aliphatic carbocycles. The smallest absolute Gasteiger partial charge is 0.180 e. The van der Waals surface area contributed by atoms with Gasteiger partial charge in [0.15, 0.2) is 5.82 Å². The Kier molecular flexibility index (Phi) is 3.27. The molecule has 22 heavy (non-hydrogen) atoms. The van der Waals surface area contributed by atoms with Crippen molar-refractivity contribution >= 4 is 11.5 Å². The molecule has 0 aliphatic heterocycles. The molecule has 2 aromatic heterocycles. The van der Waals surface area contributed by atoms with Crippen LogP contribution in [0.1, 0.15) is 17.7 Å². The molecule has 0 atom stereocenters. The van der Waals surface area contributed by atoms with Gasteiger partial charge in [-0.1, -0.05) is 24.3 Å². The van der Waals surface area contributed by atoms with Gasteiger partial charge in [0.2, 0.25) is 0 Å². The number of nitrogens with one attached hydrogen (secondary N) is 1. The van der Waals surface area contributed by atoms with Gasteiger partial charge in [-0.2, -0.15) is 0 Å². The van der Waals surface area contributed by atoms with Gasteiger partial charge < -0.3 is 5.32 Å². The summed E-state index contributed by atoms with van der Waals surface area (Å²) in [6.45, 7) is 0. The number of rotatable bonds is 3. The third kappa shape index (κ3) is 2.44. The third-order valence-electron chi connectivity index (χ3n) is 3.86. The van der Waals surface area contributed by atoms with Gasteiger partial charge in [0.25, 0.3) is 0 Å². The molecule has 1 aliphatic rings. The van der Waals surface area contributed by atoms with Crippen molar-refractivity contribution < 1.29 is 0 Å². The predicted molar refractivity (Wildman–Crippen MR) is 87.0 cm³/mol. The first-order valence-electron chi connectivity index (χ1n) is 7.53. The first-order valence-corrected chi connectivity index (χ1v) is 7.53. The molecule has 1 aromatic carbocycles. The zero-order valence-electron chi connectivity index (χ0n) is 12.2. The molecule has 108 valence electrons. The number of hydrogen-bond acceptors (Lipinski definition) is 4. The molecule has 4 nitrogen and oxygen atoms in total. The van der Waals surface area contributed by atoms with Crippen LogP contribution in [0, 0.1) is 0 Å². The highest BCUT2D eigenvalue weighted by atomic mass is 15.1. The quantitative estimate of drug-likeness (QED) is 0.797. The van der Waals surface area contributed by atoms with Crippen molar-refractivity contribution in [1.29, 1.82) is 0 Å². The van der Waals surface area contributed by atoms with E-state index >= 15 is 0 Å². The second kappa shape index (κ2) is 5.56. The standard InChI is InChI=1S/C18H16N4/c1-2-7-13(8-3-1)20-17-14-9-6-11-15(14)21-18(22-17)16-10-4-5-12-19-16/h1-5,7-8,10,12H,6,9,11H2,(H,20,21,22). The van der Waals surface area contributed by atoms with Gasteiger partial charge >= 0.3 is 0 Å². The Morgan fingerprint density at radius 1 is 0.864 bits per heavy atom. The Morgan fingerprint density at radius 2 is 1.73 bits per heavy atom. The fraction of sp³-hybridized carbons (Fsp3) is 0.167. The second-order valence-corrected chi connectivity index (χ2v) is 5.38. The fourth-order valence-electron chi connectivity index (χ4n) is 2.80. The van der Waals surface area contributed by atoms with Gasteiger partial charge in [-0.3, -0.25) is 4.98 Å². The maximum atomic E-state index is 4.73. The molecule has 3 aromatic rings.